The molecular formula is C19H33N3O10. The number of hydrogen-bond donors (Lipinski definition) is 8. The van der Waals surface area contributed by atoms with Crippen molar-refractivity contribution in [2.24, 2.45) is 29.0 Å². The van der Waals surface area contributed by atoms with Crippen molar-refractivity contribution >= 4 is 29.8 Å². The molecule has 0 aromatic carbocycles. The summed E-state index contributed by atoms with van der Waals surface area (Å²) in [6.45, 7) is 2.46. The second kappa shape index (κ2) is 11.2. The Hall–Kier alpha value is -2.77. The van der Waals surface area contributed by atoms with Gasteiger partial charge < -0.3 is 42.7 Å². The van der Waals surface area contributed by atoms with Crippen LogP contribution in [0.1, 0.15) is 58.8 Å². The average molecular weight is 463 g/mol. The Balaban J connectivity index is 5.82. The van der Waals surface area contributed by atoms with Gasteiger partial charge in [0.2, 0.25) is 0 Å². The van der Waals surface area contributed by atoms with Gasteiger partial charge in [-0.1, -0.05) is 13.8 Å². The standard InChI is InChI=1S/C19H33N3O10/c1-10(15(29)30)18(21,8-13(25)26)5-3-17(20,7-12(23)24)4-6-19(22,9-14(27)28)11(2)16(31)32/h10-11H,3-9,20-22H2,1-2H3,(H,23,24)(H,25,26)(H,27,28)(H,29,30)(H,31,32). The van der Waals surface area contributed by atoms with Gasteiger partial charge in [0.15, 0.2) is 0 Å². The summed E-state index contributed by atoms with van der Waals surface area (Å²) in [5.41, 5.74) is 13.3. The van der Waals surface area contributed by atoms with Crippen LogP contribution in [0.4, 0.5) is 0 Å². The molecule has 0 saturated carbocycles. The normalized spacial score (nSPS) is 18.9. The van der Waals surface area contributed by atoms with Crippen molar-refractivity contribution in [3.63, 3.8) is 0 Å². The lowest BCUT2D eigenvalue weighted by Crippen LogP contribution is -2.55. The molecule has 0 heterocycles. The summed E-state index contributed by atoms with van der Waals surface area (Å²) >= 11 is 0. The predicted molar refractivity (Wildman–Crippen MR) is 110 cm³/mol. The fraction of sp³-hybridized carbons (Fsp3) is 0.737. The SMILES string of the molecule is CC(C(=O)O)C(N)(CCC(N)(CCC(N)(CC(=O)O)C(C)C(=O)O)CC(=O)O)CC(=O)O. The van der Waals surface area contributed by atoms with Crippen molar-refractivity contribution in [3.05, 3.63) is 0 Å². The van der Waals surface area contributed by atoms with E-state index in [9.17, 15) is 39.3 Å². The lowest BCUT2D eigenvalue weighted by atomic mass is 9.71. The summed E-state index contributed by atoms with van der Waals surface area (Å²) in [4.78, 5) is 56.6. The molecule has 0 aliphatic rings. The molecule has 0 radical (unpaired) electrons. The molecule has 0 aliphatic heterocycles. The minimum atomic E-state index is -1.74. The molecule has 0 fully saturated rings. The monoisotopic (exact) mass is 463 g/mol. The summed E-state index contributed by atoms with van der Waals surface area (Å²) < 4.78 is 0. The number of rotatable bonds is 16. The number of hydrogen-bond acceptors (Lipinski definition) is 8. The lowest BCUT2D eigenvalue weighted by Gasteiger charge is -2.39. The Labute approximate surface area is 184 Å². The van der Waals surface area contributed by atoms with Crippen LogP contribution in [0.3, 0.4) is 0 Å². The highest BCUT2D eigenvalue weighted by molar-refractivity contribution is 5.75. The zero-order valence-electron chi connectivity index (χ0n) is 18.1. The Bertz CT molecular complexity index is 693. The van der Waals surface area contributed by atoms with Gasteiger partial charge in [-0.05, 0) is 25.7 Å². The van der Waals surface area contributed by atoms with E-state index >= 15 is 0 Å². The van der Waals surface area contributed by atoms with Gasteiger partial charge in [0.05, 0.1) is 31.1 Å². The highest BCUT2D eigenvalue weighted by Gasteiger charge is 2.44. The van der Waals surface area contributed by atoms with Crippen LogP contribution in [0, 0.1) is 11.8 Å². The third-order valence-electron chi connectivity index (χ3n) is 6.11. The van der Waals surface area contributed by atoms with Gasteiger partial charge in [-0.3, -0.25) is 24.0 Å². The van der Waals surface area contributed by atoms with Crippen molar-refractivity contribution in [2.75, 3.05) is 0 Å². The van der Waals surface area contributed by atoms with Crippen LogP contribution in [0.2, 0.25) is 0 Å². The third kappa shape index (κ3) is 8.77. The Morgan fingerprint density at radius 2 is 0.875 bits per heavy atom. The van der Waals surface area contributed by atoms with E-state index in [4.69, 9.17) is 27.4 Å². The summed E-state index contributed by atoms with van der Waals surface area (Å²) in [6.07, 6.45) is -3.01. The van der Waals surface area contributed by atoms with Crippen LogP contribution < -0.4 is 17.2 Å². The molecule has 32 heavy (non-hydrogen) atoms. The first-order valence-electron chi connectivity index (χ1n) is 9.85. The van der Waals surface area contributed by atoms with Gasteiger partial charge in [-0.25, -0.2) is 0 Å². The summed E-state index contributed by atoms with van der Waals surface area (Å²) in [5, 5.41) is 46.1. The number of aliphatic carboxylic acids is 5. The molecule has 0 rings (SSSR count). The van der Waals surface area contributed by atoms with Crippen LogP contribution in [0.25, 0.3) is 0 Å². The lowest BCUT2D eigenvalue weighted by molar-refractivity contribution is -0.147. The van der Waals surface area contributed by atoms with E-state index in [1.807, 2.05) is 0 Å². The van der Waals surface area contributed by atoms with E-state index < -0.39 is 77.6 Å². The Kier molecular flexibility index (Phi) is 10.2. The topological polar surface area (TPSA) is 265 Å². The number of carboxylic acid groups (broad SMARTS) is 5. The highest BCUT2D eigenvalue weighted by Crippen LogP contribution is 2.34. The quantitative estimate of drug-likeness (QED) is 0.144. The minimum Gasteiger partial charge on any atom is -0.481 e. The smallest absolute Gasteiger partial charge is 0.308 e. The van der Waals surface area contributed by atoms with Gasteiger partial charge in [-0.2, -0.15) is 0 Å². The van der Waals surface area contributed by atoms with Crippen molar-refractivity contribution in [3.8, 4) is 0 Å². The molecule has 184 valence electrons. The molecule has 0 amide bonds. The van der Waals surface area contributed by atoms with Crippen LogP contribution in [-0.2, 0) is 24.0 Å². The van der Waals surface area contributed by atoms with E-state index in [0.717, 1.165) is 0 Å². The van der Waals surface area contributed by atoms with Gasteiger partial charge in [0, 0.05) is 16.6 Å². The van der Waals surface area contributed by atoms with Crippen molar-refractivity contribution in [1.82, 2.24) is 0 Å². The molecule has 0 aromatic rings. The van der Waals surface area contributed by atoms with Crippen LogP contribution in [0.15, 0.2) is 0 Å². The third-order valence-corrected chi connectivity index (χ3v) is 6.11. The Morgan fingerprint density at radius 3 is 1.09 bits per heavy atom. The zero-order valence-corrected chi connectivity index (χ0v) is 18.1. The molecule has 4 atom stereocenters. The van der Waals surface area contributed by atoms with Gasteiger partial charge >= 0.3 is 29.8 Å². The van der Waals surface area contributed by atoms with Crippen molar-refractivity contribution < 1.29 is 49.5 Å². The molecule has 0 bridgehead atoms. The second-order valence-corrected chi connectivity index (χ2v) is 8.66. The molecule has 0 aliphatic carbocycles. The number of carboxylic acids is 5. The van der Waals surface area contributed by atoms with Crippen molar-refractivity contribution in [1.29, 1.82) is 0 Å². The predicted octanol–water partition coefficient (Wildman–Crippen LogP) is -0.495. The largest absolute Gasteiger partial charge is 0.481 e. The van der Waals surface area contributed by atoms with E-state index in [1.165, 1.54) is 13.8 Å². The first-order chi connectivity index (χ1) is 14.4. The summed E-state index contributed by atoms with van der Waals surface area (Å²) in [5.74, 6) is -9.27. The molecule has 11 N–H and O–H groups in total. The number of carbonyl (C=O) groups is 5. The molecule has 13 heteroatoms. The van der Waals surface area contributed by atoms with Crippen LogP contribution in [-0.4, -0.2) is 72.0 Å². The zero-order chi connectivity index (χ0) is 25.5. The first kappa shape index (κ1) is 29.2. The van der Waals surface area contributed by atoms with E-state index in [0.29, 0.717) is 0 Å². The van der Waals surface area contributed by atoms with Gasteiger partial charge in [-0.15, -0.1) is 0 Å². The van der Waals surface area contributed by atoms with Gasteiger partial charge in [0.25, 0.3) is 0 Å². The molecule has 0 saturated heterocycles. The maximum Gasteiger partial charge on any atom is 0.308 e. The van der Waals surface area contributed by atoms with E-state index in [2.05, 4.69) is 0 Å². The average Bonchev–Trinajstić information content (AvgIpc) is 2.62. The Morgan fingerprint density at radius 1 is 0.594 bits per heavy atom. The summed E-state index contributed by atoms with van der Waals surface area (Å²) in [6, 6.07) is 0. The molecule has 0 spiro atoms. The fourth-order valence-corrected chi connectivity index (χ4v) is 3.54. The van der Waals surface area contributed by atoms with Gasteiger partial charge in [0.1, 0.15) is 0 Å². The second-order valence-electron chi connectivity index (χ2n) is 8.66. The van der Waals surface area contributed by atoms with Crippen LogP contribution in [0.5, 0.6) is 0 Å². The van der Waals surface area contributed by atoms with E-state index in [-0.39, 0.29) is 25.7 Å². The van der Waals surface area contributed by atoms with Crippen molar-refractivity contribution in [2.45, 2.75) is 75.4 Å². The van der Waals surface area contributed by atoms with E-state index in [1.54, 1.807) is 0 Å². The number of nitrogens with two attached hydrogens (primary N) is 3. The highest BCUT2D eigenvalue weighted by atomic mass is 16.4. The maximum atomic E-state index is 11.4. The maximum absolute atomic E-state index is 11.4. The first-order valence-corrected chi connectivity index (χ1v) is 9.85. The summed E-state index contributed by atoms with van der Waals surface area (Å²) in [7, 11) is 0. The fourth-order valence-electron chi connectivity index (χ4n) is 3.54. The molecule has 0 aromatic heterocycles. The molecule has 13 nitrogen and oxygen atoms in total. The molecular weight excluding hydrogens is 430 g/mol. The minimum absolute atomic E-state index is 0.217. The molecule has 4 unspecified atom stereocenters. The van der Waals surface area contributed by atoms with Crippen LogP contribution >= 0.6 is 0 Å².